The van der Waals surface area contributed by atoms with E-state index in [9.17, 15) is 8.60 Å². The molecule has 0 radical (unpaired) electrons. The monoisotopic (exact) mass is 339 g/mol. The minimum Gasteiger partial charge on any atom is -0.249 e. The fourth-order valence-corrected chi connectivity index (χ4v) is 2.28. The molecule has 1 atom stereocenters. The van der Waals surface area contributed by atoms with Crippen molar-refractivity contribution in [1.82, 2.24) is 4.98 Å². The highest BCUT2D eigenvalue weighted by molar-refractivity contribution is 14.1. The SMILES string of the molecule is CS(=O)(Cc1cnc(I)c(F)c1)=NC#N. The van der Waals surface area contributed by atoms with Crippen molar-refractivity contribution in [2.75, 3.05) is 6.26 Å². The summed E-state index contributed by atoms with van der Waals surface area (Å²) in [6.07, 6.45) is 4.27. The van der Waals surface area contributed by atoms with Gasteiger partial charge < -0.3 is 0 Å². The first-order chi connectivity index (χ1) is 6.94. The van der Waals surface area contributed by atoms with Gasteiger partial charge in [0.25, 0.3) is 0 Å². The van der Waals surface area contributed by atoms with Gasteiger partial charge in [0, 0.05) is 12.5 Å². The van der Waals surface area contributed by atoms with E-state index in [0.29, 0.717) is 5.56 Å². The second kappa shape index (κ2) is 4.85. The first-order valence-electron chi connectivity index (χ1n) is 3.82. The Bertz CT molecular complexity index is 531. The normalized spacial score (nSPS) is 14.0. The maximum Gasteiger partial charge on any atom is 0.214 e. The van der Waals surface area contributed by atoms with Gasteiger partial charge in [0.15, 0.2) is 5.82 Å². The maximum atomic E-state index is 13.1. The largest absolute Gasteiger partial charge is 0.249 e. The fourth-order valence-electron chi connectivity index (χ4n) is 0.968. The standard InChI is InChI=1S/C8H7FIN3OS/c1-15(14,13-5-11)4-6-2-7(9)8(10)12-3-6/h2-3H,4H2,1H3. The number of halogens is 2. The zero-order valence-electron chi connectivity index (χ0n) is 7.78. The minimum absolute atomic E-state index is 0.0292. The van der Waals surface area contributed by atoms with Crippen LogP contribution >= 0.6 is 22.6 Å². The molecule has 0 amide bonds. The van der Waals surface area contributed by atoms with E-state index in [1.54, 1.807) is 22.6 Å². The van der Waals surface area contributed by atoms with Gasteiger partial charge in [0.1, 0.15) is 3.70 Å². The molecule has 7 heteroatoms. The number of rotatable bonds is 2. The second-order valence-electron chi connectivity index (χ2n) is 2.91. The number of aromatic nitrogens is 1. The Morgan fingerprint density at radius 1 is 1.80 bits per heavy atom. The van der Waals surface area contributed by atoms with Crippen molar-refractivity contribution in [3.05, 3.63) is 27.3 Å². The predicted octanol–water partition coefficient (Wildman–Crippen LogP) is 1.90. The molecule has 1 aromatic rings. The predicted molar refractivity (Wildman–Crippen MR) is 62.7 cm³/mol. The average molecular weight is 339 g/mol. The van der Waals surface area contributed by atoms with E-state index in [2.05, 4.69) is 9.35 Å². The lowest BCUT2D eigenvalue weighted by Gasteiger charge is -2.02. The van der Waals surface area contributed by atoms with Crippen molar-refractivity contribution in [1.29, 1.82) is 5.26 Å². The molecular weight excluding hydrogens is 332 g/mol. The highest BCUT2D eigenvalue weighted by Gasteiger charge is 2.07. The molecule has 15 heavy (non-hydrogen) atoms. The first-order valence-corrected chi connectivity index (χ1v) is 6.99. The quantitative estimate of drug-likeness (QED) is 0.470. The van der Waals surface area contributed by atoms with Gasteiger partial charge in [-0.2, -0.15) is 5.26 Å². The Hall–Kier alpha value is -0.750. The van der Waals surface area contributed by atoms with Gasteiger partial charge in [-0.15, -0.1) is 4.36 Å². The molecule has 0 fully saturated rings. The fraction of sp³-hybridized carbons (Fsp3) is 0.250. The number of nitrogens with zero attached hydrogens (tertiary/aromatic N) is 3. The highest BCUT2D eigenvalue weighted by atomic mass is 127. The molecule has 0 aromatic carbocycles. The topological polar surface area (TPSA) is 66.1 Å². The number of pyridine rings is 1. The average Bonchev–Trinajstić information content (AvgIpc) is 2.10. The second-order valence-corrected chi connectivity index (χ2v) is 6.32. The van der Waals surface area contributed by atoms with Crippen LogP contribution in [0.4, 0.5) is 4.39 Å². The highest BCUT2D eigenvalue weighted by Crippen LogP contribution is 2.12. The molecule has 1 aromatic heterocycles. The molecule has 0 aliphatic rings. The summed E-state index contributed by atoms with van der Waals surface area (Å²) in [4.78, 5) is 3.78. The van der Waals surface area contributed by atoms with Gasteiger partial charge in [0.2, 0.25) is 6.19 Å². The van der Waals surface area contributed by atoms with Gasteiger partial charge in [-0.25, -0.2) is 13.6 Å². The van der Waals surface area contributed by atoms with Crippen molar-refractivity contribution in [3.63, 3.8) is 0 Å². The lowest BCUT2D eigenvalue weighted by molar-refractivity contribution is 0.610. The minimum atomic E-state index is -2.61. The molecule has 0 spiro atoms. The summed E-state index contributed by atoms with van der Waals surface area (Å²) in [5.74, 6) is -0.429. The van der Waals surface area contributed by atoms with Gasteiger partial charge in [0.05, 0.1) is 15.5 Å². The van der Waals surface area contributed by atoms with E-state index in [0.717, 1.165) is 0 Å². The zero-order chi connectivity index (χ0) is 11.5. The van der Waals surface area contributed by atoms with Crippen LogP contribution < -0.4 is 0 Å². The van der Waals surface area contributed by atoms with E-state index in [-0.39, 0.29) is 9.45 Å². The van der Waals surface area contributed by atoms with Gasteiger partial charge in [-0.3, -0.25) is 0 Å². The Morgan fingerprint density at radius 3 is 3.00 bits per heavy atom. The van der Waals surface area contributed by atoms with Crippen LogP contribution in [0.3, 0.4) is 0 Å². The van der Waals surface area contributed by atoms with Crippen molar-refractivity contribution in [3.8, 4) is 6.19 Å². The van der Waals surface area contributed by atoms with Crippen molar-refractivity contribution in [2.24, 2.45) is 4.36 Å². The van der Waals surface area contributed by atoms with Crippen LogP contribution in [0.1, 0.15) is 5.56 Å². The maximum absolute atomic E-state index is 13.1. The van der Waals surface area contributed by atoms with E-state index in [4.69, 9.17) is 5.26 Å². The summed E-state index contributed by atoms with van der Waals surface area (Å²) in [5.41, 5.74) is 0.472. The summed E-state index contributed by atoms with van der Waals surface area (Å²) >= 11 is 1.76. The lowest BCUT2D eigenvalue weighted by Crippen LogP contribution is -2.02. The molecule has 1 heterocycles. The Balaban J connectivity index is 3.03. The Labute approximate surface area is 101 Å². The molecule has 0 N–H and O–H groups in total. The van der Waals surface area contributed by atoms with Gasteiger partial charge in [-0.1, -0.05) is 0 Å². The third-order valence-corrected chi connectivity index (χ3v) is 3.65. The summed E-state index contributed by atoms with van der Waals surface area (Å²) < 4.78 is 28.2. The number of nitriles is 1. The molecule has 1 unspecified atom stereocenters. The molecule has 0 aliphatic heterocycles. The summed E-state index contributed by atoms with van der Waals surface area (Å²) in [5, 5.41) is 8.29. The van der Waals surface area contributed by atoms with Crippen LogP contribution in [-0.4, -0.2) is 15.4 Å². The third kappa shape index (κ3) is 3.71. The Morgan fingerprint density at radius 2 is 2.47 bits per heavy atom. The molecular formula is C8H7FIN3OS. The van der Waals surface area contributed by atoms with Crippen LogP contribution in [0.15, 0.2) is 16.6 Å². The van der Waals surface area contributed by atoms with E-state index in [1.807, 2.05) is 0 Å². The van der Waals surface area contributed by atoms with Gasteiger partial charge in [-0.05, 0) is 34.2 Å². The Kier molecular flexibility index (Phi) is 3.98. The number of hydrogen-bond acceptors (Lipinski definition) is 4. The van der Waals surface area contributed by atoms with Crippen LogP contribution in [0.2, 0.25) is 0 Å². The van der Waals surface area contributed by atoms with Crippen LogP contribution in [-0.2, 0) is 15.5 Å². The molecule has 0 saturated carbocycles. The lowest BCUT2D eigenvalue weighted by atomic mass is 10.3. The van der Waals surface area contributed by atoms with Crippen LogP contribution in [0, 0.1) is 21.0 Å². The van der Waals surface area contributed by atoms with Crippen molar-refractivity contribution < 1.29 is 8.60 Å². The van der Waals surface area contributed by atoms with E-state index in [1.165, 1.54) is 24.7 Å². The first kappa shape index (κ1) is 12.3. The molecule has 1 rings (SSSR count). The zero-order valence-corrected chi connectivity index (χ0v) is 10.7. The van der Waals surface area contributed by atoms with Crippen molar-refractivity contribution in [2.45, 2.75) is 5.75 Å². The molecule has 80 valence electrons. The summed E-state index contributed by atoms with van der Waals surface area (Å²) in [7, 11) is -2.61. The molecule has 4 nitrogen and oxygen atoms in total. The van der Waals surface area contributed by atoms with E-state index >= 15 is 0 Å². The molecule has 0 saturated heterocycles. The number of hydrogen-bond donors (Lipinski definition) is 0. The summed E-state index contributed by atoms with van der Waals surface area (Å²) in [6.45, 7) is 0. The smallest absolute Gasteiger partial charge is 0.214 e. The third-order valence-electron chi connectivity index (χ3n) is 1.52. The summed E-state index contributed by atoms with van der Waals surface area (Å²) in [6, 6.07) is 1.25. The van der Waals surface area contributed by atoms with Crippen LogP contribution in [0.25, 0.3) is 0 Å². The van der Waals surface area contributed by atoms with Crippen LogP contribution in [0.5, 0.6) is 0 Å². The van der Waals surface area contributed by atoms with Crippen molar-refractivity contribution >= 4 is 32.3 Å². The van der Waals surface area contributed by atoms with Gasteiger partial charge >= 0.3 is 0 Å². The molecule has 0 aliphatic carbocycles. The van der Waals surface area contributed by atoms with E-state index < -0.39 is 15.5 Å². The molecule has 0 bridgehead atoms.